The summed E-state index contributed by atoms with van der Waals surface area (Å²) in [6, 6.07) is 11.3. The minimum absolute atomic E-state index is 0.0539. The highest BCUT2D eigenvalue weighted by Crippen LogP contribution is 2.29. The van der Waals surface area contributed by atoms with Crippen molar-refractivity contribution in [3.63, 3.8) is 0 Å². The highest BCUT2D eigenvalue weighted by atomic mass is 79.9. The van der Waals surface area contributed by atoms with E-state index in [2.05, 4.69) is 26.7 Å². The van der Waals surface area contributed by atoms with Crippen molar-refractivity contribution in [3.8, 4) is 0 Å². The monoisotopic (exact) mass is 527 g/mol. The fraction of sp³-hybridized carbons (Fsp3) is 0.200. The predicted octanol–water partition coefficient (Wildman–Crippen LogP) is 3.43. The Kier molecular flexibility index (Phi) is 7.53. The lowest BCUT2D eigenvalue weighted by Crippen LogP contribution is -2.43. The molecule has 1 fully saturated rings. The first-order valence-corrected chi connectivity index (χ1v) is 10.6. The number of nitrogens with one attached hydrogen (secondary N) is 2. The Hall–Kier alpha value is -2.62. The summed E-state index contributed by atoms with van der Waals surface area (Å²) in [6.45, 7) is -0.612. The zero-order chi connectivity index (χ0) is 22.5. The van der Waals surface area contributed by atoms with Crippen molar-refractivity contribution in [1.82, 2.24) is 10.4 Å². The molecule has 2 aromatic rings. The highest BCUT2D eigenvalue weighted by Gasteiger charge is 2.36. The Bertz CT molecular complexity index is 1030. The lowest BCUT2D eigenvalue weighted by Gasteiger charge is -2.17. The van der Waals surface area contributed by atoms with E-state index in [-0.39, 0.29) is 28.7 Å². The van der Waals surface area contributed by atoms with Gasteiger partial charge in [-0.25, -0.2) is 0 Å². The van der Waals surface area contributed by atoms with Crippen molar-refractivity contribution in [1.29, 1.82) is 0 Å². The van der Waals surface area contributed by atoms with Gasteiger partial charge >= 0.3 is 5.97 Å². The van der Waals surface area contributed by atoms with Gasteiger partial charge in [0.25, 0.3) is 11.8 Å². The van der Waals surface area contributed by atoms with Crippen LogP contribution < -0.4 is 10.7 Å². The van der Waals surface area contributed by atoms with Crippen LogP contribution in [-0.2, 0) is 19.1 Å². The Balaban J connectivity index is 1.49. The van der Waals surface area contributed by atoms with Crippen molar-refractivity contribution >= 4 is 68.5 Å². The second kappa shape index (κ2) is 10.1. The van der Waals surface area contributed by atoms with E-state index in [0.29, 0.717) is 5.56 Å². The number of hydrogen-bond acceptors (Lipinski definition) is 5. The largest absolute Gasteiger partial charge is 0.455 e. The zero-order valence-electron chi connectivity index (χ0n) is 15.9. The molecule has 11 heteroatoms. The van der Waals surface area contributed by atoms with Gasteiger partial charge in [-0.1, -0.05) is 45.2 Å². The van der Waals surface area contributed by atoms with Gasteiger partial charge in [0.05, 0.1) is 28.2 Å². The smallest absolute Gasteiger partial charge is 0.311 e. The molecule has 1 saturated heterocycles. The number of rotatable bonds is 6. The van der Waals surface area contributed by atoms with Gasteiger partial charge in [-0.15, -0.1) is 0 Å². The molecule has 8 nitrogen and oxygen atoms in total. The third kappa shape index (κ3) is 5.96. The van der Waals surface area contributed by atoms with Crippen LogP contribution in [0.15, 0.2) is 46.9 Å². The number of ether oxygens (including phenoxy) is 1. The van der Waals surface area contributed by atoms with Crippen LogP contribution in [-0.4, -0.2) is 41.9 Å². The molecule has 0 spiro atoms. The number of nitrogens with zero attached hydrogens (tertiary/aromatic N) is 1. The molecule has 0 aliphatic carbocycles. The Morgan fingerprint density at radius 1 is 1.13 bits per heavy atom. The fourth-order valence-corrected chi connectivity index (χ4v) is 3.42. The van der Waals surface area contributed by atoms with Crippen LogP contribution in [0.25, 0.3) is 0 Å². The van der Waals surface area contributed by atoms with Gasteiger partial charge in [0.1, 0.15) is 0 Å². The van der Waals surface area contributed by atoms with Gasteiger partial charge in [-0.3, -0.25) is 29.6 Å². The van der Waals surface area contributed by atoms with Crippen molar-refractivity contribution in [3.05, 3.63) is 62.5 Å². The molecule has 0 saturated carbocycles. The molecule has 2 aromatic carbocycles. The van der Waals surface area contributed by atoms with Gasteiger partial charge < -0.3 is 10.1 Å². The average Bonchev–Trinajstić information content (AvgIpc) is 3.10. The summed E-state index contributed by atoms with van der Waals surface area (Å²) < 4.78 is 5.82. The number of anilines is 1. The molecule has 0 bridgehead atoms. The van der Waals surface area contributed by atoms with E-state index in [4.69, 9.17) is 27.9 Å². The first-order valence-electron chi connectivity index (χ1n) is 9.02. The maximum Gasteiger partial charge on any atom is 0.311 e. The molecule has 1 aliphatic heterocycles. The van der Waals surface area contributed by atoms with Crippen molar-refractivity contribution in [2.75, 3.05) is 18.5 Å². The average molecular weight is 529 g/mol. The summed E-state index contributed by atoms with van der Waals surface area (Å²) in [5.74, 6) is -3.04. The topological polar surface area (TPSA) is 105 Å². The maximum absolute atomic E-state index is 12.3. The number of esters is 1. The van der Waals surface area contributed by atoms with Gasteiger partial charge in [0.15, 0.2) is 6.61 Å². The van der Waals surface area contributed by atoms with Crippen LogP contribution in [0.3, 0.4) is 0 Å². The Labute approximate surface area is 195 Å². The molecule has 162 valence electrons. The van der Waals surface area contributed by atoms with E-state index in [1.807, 2.05) is 0 Å². The summed E-state index contributed by atoms with van der Waals surface area (Å²) in [5, 5.41) is 4.00. The normalized spacial score (nSPS) is 15.5. The van der Waals surface area contributed by atoms with Gasteiger partial charge in [0.2, 0.25) is 5.91 Å². The SMILES string of the molecule is O=C(COC(=O)[C@H]1CC(=O)N(NC(=O)c2ccc(Br)cc2)C1)Nc1cccc(Cl)c1Cl. The summed E-state index contributed by atoms with van der Waals surface area (Å²) in [6.07, 6.45) is -0.138. The van der Waals surface area contributed by atoms with E-state index in [1.165, 1.54) is 0 Å². The predicted molar refractivity (Wildman–Crippen MR) is 117 cm³/mol. The fourth-order valence-electron chi connectivity index (χ4n) is 2.80. The highest BCUT2D eigenvalue weighted by molar-refractivity contribution is 9.10. The molecular formula is C20H16BrCl2N3O5. The van der Waals surface area contributed by atoms with Gasteiger partial charge in [0, 0.05) is 16.5 Å². The molecule has 3 rings (SSSR count). The molecule has 3 amide bonds. The van der Waals surface area contributed by atoms with Crippen molar-refractivity contribution < 1.29 is 23.9 Å². The molecule has 1 heterocycles. The molecule has 2 N–H and O–H groups in total. The summed E-state index contributed by atoms with van der Waals surface area (Å²) in [4.78, 5) is 48.7. The van der Waals surface area contributed by atoms with Gasteiger partial charge in [-0.05, 0) is 36.4 Å². The summed E-state index contributed by atoms with van der Waals surface area (Å²) >= 11 is 15.2. The van der Waals surface area contributed by atoms with Crippen molar-refractivity contribution in [2.45, 2.75) is 6.42 Å². The quantitative estimate of drug-likeness (QED) is 0.559. The van der Waals surface area contributed by atoms with Crippen molar-refractivity contribution in [2.24, 2.45) is 5.92 Å². The molecule has 0 radical (unpaired) electrons. The number of benzene rings is 2. The zero-order valence-corrected chi connectivity index (χ0v) is 19.0. The first kappa shape index (κ1) is 23.1. The minimum atomic E-state index is -0.805. The number of halogens is 3. The number of hydrogen-bond donors (Lipinski definition) is 2. The first-order chi connectivity index (χ1) is 14.7. The molecule has 1 atom stereocenters. The number of carbonyl (C=O) groups is 4. The standard InChI is InChI=1S/C20H16BrCl2N3O5/c21-13-6-4-11(5-7-13)19(29)25-26-9-12(8-17(26)28)20(30)31-10-16(27)24-15-3-1-2-14(22)18(15)23/h1-7,12H,8-10H2,(H,24,27)(H,25,29)/t12-/m0/s1. The third-order valence-electron chi connectivity index (χ3n) is 4.37. The molecule has 1 aliphatic rings. The summed E-state index contributed by atoms with van der Waals surface area (Å²) in [5.41, 5.74) is 3.12. The second-order valence-electron chi connectivity index (χ2n) is 6.61. The van der Waals surface area contributed by atoms with E-state index in [1.54, 1.807) is 42.5 Å². The molecular weight excluding hydrogens is 513 g/mol. The van der Waals surface area contributed by atoms with Crippen LogP contribution in [0.4, 0.5) is 5.69 Å². The summed E-state index contributed by atoms with van der Waals surface area (Å²) in [7, 11) is 0. The van der Waals surface area contributed by atoms with E-state index in [9.17, 15) is 19.2 Å². The lowest BCUT2D eigenvalue weighted by atomic mass is 10.1. The van der Waals surface area contributed by atoms with Crippen LogP contribution in [0.5, 0.6) is 0 Å². The molecule has 0 unspecified atom stereocenters. The maximum atomic E-state index is 12.3. The number of hydrazine groups is 1. The second-order valence-corrected chi connectivity index (χ2v) is 8.31. The van der Waals surface area contributed by atoms with Gasteiger partial charge in [-0.2, -0.15) is 0 Å². The molecule has 31 heavy (non-hydrogen) atoms. The lowest BCUT2D eigenvalue weighted by molar-refractivity contribution is -0.151. The Morgan fingerprint density at radius 3 is 2.55 bits per heavy atom. The number of carbonyl (C=O) groups excluding carboxylic acids is 4. The van der Waals surface area contributed by atoms with Crippen LogP contribution in [0.2, 0.25) is 10.0 Å². The van der Waals surface area contributed by atoms with Crippen LogP contribution >= 0.6 is 39.1 Å². The van der Waals surface area contributed by atoms with E-state index in [0.717, 1.165) is 9.48 Å². The van der Waals surface area contributed by atoms with Crippen LogP contribution in [0, 0.1) is 5.92 Å². The molecule has 0 aromatic heterocycles. The minimum Gasteiger partial charge on any atom is -0.455 e. The number of amides is 3. The van der Waals surface area contributed by atoms with E-state index < -0.39 is 36.2 Å². The van der Waals surface area contributed by atoms with E-state index >= 15 is 0 Å². The third-order valence-corrected chi connectivity index (χ3v) is 5.72. The Morgan fingerprint density at radius 2 is 1.84 bits per heavy atom. The van der Waals surface area contributed by atoms with Crippen LogP contribution in [0.1, 0.15) is 16.8 Å².